The average molecular weight is 471 g/mol. The second-order valence-electron chi connectivity index (χ2n) is 8.23. The summed E-state index contributed by atoms with van der Waals surface area (Å²) in [6, 6.07) is 19.4. The lowest BCUT2D eigenvalue weighted by Crippen LogP contribution is -2.39. The van der Waals surface area contributed by atoms with Gasteiger partial charge in [0.25, 0.3) is 0 Å². The number of para-hydroxylation sites is 2. The first-order chi connectivity index (χ1) is 17.1. The van der Waals surface area contributed by atoms with Gasteiger partial charge in [-0.15, -0.1) is 0 Å². The van der Waals surface area contributed by atoms with Crippen molar-refractivity contribution in [3.8, 4) is 17.4 Å². The van der Waals surface area contributed by atoms with E-state index in [1.54, 1.807) is 23.3 Å². The van der Waals surface area contributed by atoms with Crippen LogP contribution in [0.3, 0.4) is 0 Å². The molecule has 1 amide bonds. The number of imidazole rings is 1. The lowest BCUT2D eigenvalue weighted by Gasteiger charge is -2.24. The highest BCUT2D eigenvalue weighted by molar-refractivity contribution is 5.81. The molecule has 5 rings (SSSR count). The maximum atomic E-state index is 12.9. The fraction of sp³-hybridized carbons (Fsp3) is 0.231. The summed E-state index contributed by atoms with van der Waals surface area (Å²) < 4.78 is 13.3. The molecule has 1 N–H and O–H groups in total. The number of rotatable bonds is 9. The van der Waals surface area contributed by atoms with Crippen LogP contribution >= 0.6 is 0 Å². The maximum absolute atomic E-state index is 12.9. The molecule has 0 fully saturated rings. The van der Waals surface area contributed by atoms with Crippen molar-refractivity contribution in [3.63, 3.8) is 0 Å². The Labute approximate surface area is 203 Å². The van der Waals surface area contributed by atoms with Gasteiger partial charge in [0.05, 0.1) is 6.54 Å². The number of fused-ring (bicyclic) bond motifs is 1. The summed E-state index contributed by atoms with van der Waals surface area (Å²) in [6.07, 6.45) is 5.25. The number of nitrogens with zero attached hydrogens (tertiary/aromatic N) is 5. The van der Waals surface area contributed by atoms with Gasteiger partial charge in [0.2, 0.25) is 18.1 Å². The van der Waals surface area contributed by atoms with Gasteiger partial charge in [-0.25, -0.2) is 9.97 Å². The first-order valence-electron chi connectivity index (χ1n) is 11.5. The molecule has 1 aliphatic rings. The largest absolute Gasteiger partial charge is 0.451 e. The summed E-state index contributed by atoms with van der Waals surface area (Å²) in [6.45, 7) is 3.01. The van der Waals surface area contributed by atoms with E-state index in [4.69, 9.17) is 14.5 Å². The molecule has 0 aliphatic carbocycles. The number of aromatic nitrogens is 4. The number of ether oxygens (including phenoxy) is 2. The van der Waals surface area contributed by atoms with Crippen LogP contribution in [-0.4, -0.2) is 44.8 Å². The molecule has 0 radical (unpaired) electrons. The van der Waals surface area contributed by atoms with Crippen molar-refractivity contribution in [1.82, 2.24) is 24.8 Å². The van der Waals surface area contributed by atoms with Crippen LogP contribution in [0.4, 0.5) is 5.82 Å². The Bertz CT molecular complexity index is 1250. The zero-order chi connectivity index (χ0) is 24.0. The van der Waals surface area contributed by atoms with Crippen LogP contribution in [0.1, 0.15) is 17.7 Å². The van der Waals surface area contributed by atoms with Gasteiger partial charge < -0.3 is 19.7 Å². The van der Waals surface area contributed by atoms with E-state index in [1.807, 2.05) is 72.5 Å². The number of carbonyl (C=O) groups is 1. The Balaban J connectivity index is 1.26. The van der Waals surface area contributed by atoms with Crippen LogP contribution < -0.4 is 19.7 Å². The van der Waals surface area contributed by atoms with Gasteiger partial charge in [-0.1, -0.05) is 42.5 Å². The normalized spacial score (nSPS) is 12.5. The van der Waals surface area contributed by atoms with Crippen molar-refractivity contribution in [2.75, 3.05) is 18.0 Å². The summed E-state index contributed by atoms with van der Waals surface area (Å²) in [5.41, 5.74) is 1.87. The van der Waals surface area contributed by atoms with Gasteiger partial charge in [0.15, 0.2) is 11.5 Å². The van der Waals surface area contributed by atoms with Crippen molar-refractivity contribution in [2.24, 2.45) is 0 Å². The molecule has 1 aliphatic heterocycles. The molecule has 2 aromatic heterocycles. The topological polar surface area (TPSA) is 94.4 Å². The third-order valence-corrected chi connectivity index (χ3v) is 5.51. The standard InChI is InChI=1S/C26H26N6O3/c1-19-15-23(30-26(29-19)31-14-13-27-18-31)32(16-20-7-3-2-4-8-20)17-24(33)28-12-11-25-34-21-9-5-6-10-22(21)35-25/h2-10,13-15,18,25H,11-12,16-17H2,1H3,(H,28,33). The molecule has 0 saturated carbocycles. The van der Waals surface area contributed by atoms with E-state index in [9.17, 15) is 4.79 Å². The molecule has 0 saturated heterocycles. The van der Waals surface area contributed by atoms with Crippen molar-refractivity contribution in [3.05, 3.63) is 90.6 Å². The molecule has 0 bridgehead atoms. The molecule has 9 nitrogen and oxygen atoms in total. The quantitative estimate of drug-likeness (QED) is 0.401. The fourth-order valence-corrected chi connectivity index (χ4v) is 3.84. The van der Waals surface area contributed by atoms with Crippen LogP contribution in [0.15, 0.2) is 79.4 Å². The second-order valence-corrected chi connectivity index (χ2v) is 8.23. The second kappa shape index (κ2) is 10.3. The van der Waals surface area contributed by atoms with Gasteiger partial charge in [-0.05, 0) is 24.6 Å². The number of anilines is 1. The minimum atomic E-state index is -0.407. The van der Waals surface area contributed by atoms with Crippen molar-refractivity contribution >= 4 is 11.7 Å². The van der Waals surface area contributed by atoms with E-state index in [0.29, 0.717) is 31.3 Å². The number of benzene rings is 2. The van der Waals surface area contributed by atoms with Crippen molar-refractivity contribution in [1.29, 1.82) is 0 Å². The van der Waals surface area contributed by atoms with E-state index < -0.39 is 6.29 Å². The Morgan fingerprint density at radius 2 is 1.80 bits per heavy atom. The van der Waals surface area contributed by atoms with Crippen LogP contribution in [0.5, 0.6) is 11.5 Å². The van der Waals surface area contributed by atoms with Gasteiger partial charge in [0.1, 0.15) is 12.1 Å². The number of nitrogens with one attached hydrogen (secondary N) is 1. The predicted molar refractivity (Wildman–Crippen MR) is 130 cm³/mol. The maximum Gasteiger partial charge on any atom is 0.243 e. The lowest BCUT2D eigenvalue weighted by atomic mass is 10.2. The van der Waals surface area contributed by atoms with Crippen LogP contribution in [0.2, 0.25) is 0 Å². The van der Waals surface area contributed by atoms with Crippen molar-refractivity contribution < 1.29 is 14.3 Å². The highest BCUT2D eigenvalue weighted by Crippen LogP contribution is 2.34. The minimum absolute atomic E-state index is 0.114. The minimum Gasteiger partial charge on any atom is -0.451 e. The monoisotopic (exact) mass is 470 g/mol. The Morgan fingerprint density at radius 1 is 1.06 bits per heavy atom. The zero-order valence-electron chi connectivity index (χ0n) is 19.4. The zero-order valence-corrected chi connectivity index (χ0v) is 19.4. The van der Waals surface area contributed by atoms with E-state index in [0.717, 1.165) is 22.8 Å². The molecular weight excluding hydrogens is 444 g/mol. The number of hydrogen-bond acceptors (Lipinski definition) is 7. The molecule has 2 aromatic carbocycles. The van der Waals surface area contributed by atoms with Crippen LogP contribution in [0.25, 0.3) is 5.95 Å². The summed E-state index contributed by atoms with van der Waals surface area (Å²) in [5.74, 6) is 2.51. The average Bonchev–Trinajstić information content (AvgIpc) is 3.54. The van der Waals surface area contributed by atoms with E-state index >= 15 is 0 Å². The summed E-state index contributed by atoms with van der Waals surface area (Å²) in [5, 5.41) is 2.98. The molecule has 3 heterocycles. The molecule has 35 heavy (non-hydrogen) atoms. The molecule has 178 valence electrons. The molecule has 9 heteroatoms. The third-order valence-electron chi connectivity index (χ3n) is 5.51. The number of carbonyl (C=O) groups excluding carboxylic acids is 1. The SMILES string of the molecule is Cc1cc(N(CC(=O)NCCC2Oc3ccccc3O2)Cc2ccccc2)nc(-n2ccnc2)n1. The number of amides is 1. The van der Waals surface area contributed by atoms with Gasteiger partial charge in [-0.2, -0.15) is 4.98 Å². The lowest BCUT2D eigenvalue weighted by molar-refractivity contribution is -0.120. The Kier molecular flexibility index (Phi) is 6.56. The van der Waals surface area contributed by atoms with Gasteiger partial charge in [0, 0.05) is 43.7 Å². The smallest absolute Gasteiger partial charge is 0.243 e. The summed E-state index contributed by atoms with van der Waals surface area (Å²) in [4.78, 5) is 28.2. The third kappa shape index (κ3) is 5.57. The van der Waals surface area contributed by atoms with Crippen LogP contribution in [-0.2, 0) is 11.3 Å². The van der Waals surface area contributed by atoms with Crippen molar-refractivity contribution in [2.45, 2.75) is 26.2 Å². The van der Waals surface area contributed by atoms with E-state index in [1.165, 1.54) is 0 Å². The predicted octanol–water partition coefficient (Wildman–Crippen LogP) is 3.28. The first kappa shape index (κ1) is 22.4. The molecule has 0 unspecified atom stereocenters. The summed E-state index contributed by atoms with van der Waals surface area (Å²) >= 11 is 0. The highest BCUT2D eigenvalue weighted by atomic mass is 16.7. The molecule has 0 spiro atoms. The highest BCUT2D eigenvalue weighted by Gasteiger charge is 2.23. The first-order valence-corrected chi connectivity index (χ1v) is 11.5. The number of hydrogen-bond donors (Lipinski definition) is 1. The fourth-order valence-electron chi connectivity index (χ4n) is 3.84. The van der Waals surface area contributed by atoms with E-state index in [-0.39, 0.29) is 12.5 Å². The summed E-state index contributed by atoms with van der Waals surface area (Å²) in [7, 11) is 0. The van der Waals surface area contributed by atoms with Crippen LogP contribution in [0, 0.1) is 6.92 Å². The Morgan fingerprint density at radius 3 is 2.51 bits per heavy atom. The van der Waals surface area contributed by atoms with Gasteiger partial charge >= 0.3 is 0 Å². The Hall–Kier alpha value is -4.40. The number of aryl methyl sites for hydroxylation is 1. The molecular formula is C26H26N6O3. The van der Waals surface area contributed by atoms with E-state index in [2.05, 4.69) is 15.3 Å². The molecule has 0 atom stereocenters. The molecule has 4 aromatic rings. The van der Waals surface area contributed by atoms with Gasteiger partial charge in [-0.3, -0.25) is 9.36 Å².